The molecule has 0 aliphatic carbocycles. The van der Waals surface area contributed by atoms with E-state index < -0.39 is 0 Å². The van der Waals surface area contributed by atoms with E-state index in [9.17, 15) is 9.18 Å². The van der Waals surface area contributed by atoms with Crippen molar-refractivity contribution in [3.05, 3.63) is 64.9 Å². The van der Waals surface area contributed by atoms with Gasteiger partial charge in [-0.1, -0.05) is 35.9 Å². The highest BCUT2D eigenvalue weighted by molar-refractivity contribution is 6.30. The molecule has 104 valence electrons. The minimum atomic E-state index is -0.344. The van der Waals surface area contributed by atoms with Crippen molar-refractivity contribution in [3.8, 4) is 0 Å². The predicted octanol–water partition coefficient (Wildman–Crippen LogP) is 3.84. The fraction of sp³-hybridized carbons (Fsp3) is 0.133. The van der Waals surface area contributed by atoms with Crippen molar-refractivity contribution < 1.29 is 9.18 Å². The third-order valence-electron chi connectivity index (χ3n) is 2.72. The average molecular weight is 293 g/mol. The van der Waals surface area contributed by atoms with E-state index >= 15 is 0 Å². The van der Waals surface area contributed by atoms with Gasteiger partial charge in [-0.25, -0.2) is 9.18 Å². The van der Waals surface area contributed by atoms with Gasteiger partial charge >= 0.3 is 6.03 Å². The van der Waals surface area contributed by atoms with Crippen molar-refractivity contribution in [1.29, 1.82) is 0 Å². The van der Waals surface area contributed by atoms with Gasteiger partial charge in [-0.15, -0.1) is 0 Å². The van der Waals surface area contributed by atoms with E-state index in [0.29, 0.717) is 29.2 Å². The van der Waals surface area contributed by atoms with Crippen molar-refractivity contribution >= 4 is 23.3 Å². The topological polar surface area (TPSA) is 41.1 Å². The lowest BCUT2D eigenvalue weighted by Crippen LogP contribution is -2.30. The Labute approximate surface area is 121 Å². The zero-order valence-electron chi connectivity index (χ0n) is 10.7. The number of urea groups is 1. The summed E-state index contributed by atoms with van der Waals surface area (Å²) in [6.07, 6.45) is 0.440. The van der Waals surface area contributed by atoms with E-state index in [1.165, 1.54) is 6.07 Å². The van der Waals surface area contributed by atoms with Gasteiger partial charge in [0.1, 0.15) is 5.82 Å². The molecular weight excluding hydrogens is 279 g/mol. The smallest absolute Gasteiger partial charge is 0.319 e. The van der Waals surface area contributed by atoms with Crippen molar-refractivity contribution in [2.24, 2.45) is 0 Å². The standard InChI is InChI=1S/C15H14ClFN2O/c16-12-5-3-6-13(10-12)19-15(20)18-9-8-11-4-1-2-7-14(11)17/h1-7,10H,8-9H2,(H2,18,19,20). The molecule has 3 nitrogen and oxygen atoms in total. The summed E-state index contributed by atoms with van der Waals surface area (Å²) in [5, 5.41) is 5.87. The van der Waals surface area contributed by atoms with Crippen LogP contribution in [0.15, 0.2) is 48.5 Å². The number of amides is 2. The minimum Gasteiger partial charge on any atom is -0.338 e. The summed E-state index contributed by atoms with van der Waals surface area (Å²) < 4.78 is 13.4. The molecule has 0 bridgehead atoms. The summed E-state index contributed by atoms with van der Waals surface area (Å²) in [5.41, 5.74) is 1.19. The van der Waals surface area contributed by atoms with Gasteiger partial charge in [0.2, 0.25) is 0 Å². The Bertz CT molecular complexity index is 604. The Balaban J connectivity index is 1.80. The first-order valence-corrected chi connectivity index (χ1v) is 6.57. The van der Waals surface area contributed by atoms with Crippen LogP contribution >= 0.6 is 11.6 Å². The lowest BCUT2D eigenvalue weighted by molar-refractivity contribution is 0.252. The molecule has 2 amide bonds. The summed E-state index contributed by atoms with van der Waals surface area (Å²) in [5.74, 6) is -0.260. The van der Waals surface area contributed by atoms with Gasteiger partial charge in [0, 0.05) is 17.3 Å². The molecule has 0 heterocycles. The van der Waals surface area contributed by atoms with Gasteiger partial charge in [0.05, 0.1) is 0 Å². The fourth-order valence-corrected chi connectivity index (χ4v) is 1.94. The van der Waals surface area contributed by atoms with Gasteiger partial charge in [-0.3, -0.25) is 0 Å². The van der Waals surface area contributed by atoms with E-state index in [1.807, 2.05) is 0 Å². The molecule has 2 rings (SSSR count). The molecule has 0 aliphatic rings. The maximum absolute atomic E-state index is 13.4. The van der Waals surface area contributed by atoms with Crippen molar-refractivity contribution in [2.45, 2.75) is 6.42 Å². The predicted molar refractivity (Wildman–Crippen MR) is 78.6 cm³/mol. The second kappa shape index (κ2) is 6.91. The molecule has 0 aromatic heterocycles. The number of hydrogen-bond acceptors (Lipinski definition) is 1. The third-order valence-corrected chi connectivity index (χ3v) is 2.96. The Morgan fingerprint density at radius 1 is 1.15 bits per heavy atom. The number of carbonyl (C=O) groups is 1. The second-order valence-electron chi connectivity index (χ2n) is 4.23. The van der Waals surface area contributed by atoms with E-state index in [0.717, 1.165) is 0 Å². The van der Waals surface area contributed by atoms with Crippen LogP contribution in [0, 0.1) is 5.82 Å². The number of halogens is 2. The summed E-state index contributed by atoms with van der Waals surface area (Å²) >= 11 is 5.82. The van der Waals surface area contributed by atoms with Crippen LogP contribution in [0.2, 0.25) is 5.02 Å². The molecule has 0 spiro atoms. The summed E-state index contributed by atoms with van der Waals surface area (Å²) in [6.45, 7) is 0.354. The van der Waals surface area contributed by atoms with E-state index in [-0.39, 0.29) is 11.8 Å². The van der Waals surface area contributed by atoms with Crippen LogP contribution in [0.4, 0.5) is 14.9 Å². The zero-order valence-corrected chi connectivity index (χ0v) is 11.5. The Kier molecular flexibility index (Phi) is 4.96. The number of anilines is 1. The summed E-state index contributed by atoms with van der Waals surface area (Å²) in [6, 6.07) is 13.0. The molecule has 2 aromatic rings. The Hall–Kier alpha value is -2.07. The maximum Gasteiger partial charge on any atom is 0.319 e. The molecule has 0 radical (unpaired) electrons. The van der Waals surface area contributed by atoms with Gasteiger partial charge in [-0.2, -0.15) is 0 Å². The van der Waals surface area contributed by atoms with E-state index in [1.54, 1.807) is 42.5 Å². The van der Waals surface area contributed by atoms with Crippen LogP contribution in [0.3, 0.4) is 0 Å². The van der Waals surface area contributed by atoms with Crippen molar-refractivity contribution in [2.75, 3.05) is 11.9 Å². The third kappa shape index (κ3) is 4.24. The van der Waals surface area contributed by atoms with E-state index in [4.69, 9.17) is 11.6 Å². The average Bonchev–Trinajstić information content (AvgIpc) is 2.41. The van der Waals surface area contributed by atoms with Gasteiger partial charge in [-0.05, 0) is 36.2 Å². The zero-order chi connectivity index (χ0) is 14.4. The normalized spacial score (nSPS) is 10.1. The molecule has 0 saturated heterocycles. The first-order valence-electron chi connectivity index (χ1n) is 6.19. The molecule has 20 heavy (non-hydrogen) atoms. The Morgan fingerprint density at radius 3 is 2.70 bits per heavy atom. The largest absolute Gasteiger partial charge is 0.338 e. The van der Waals surface area contributed by atoms with Crippen LogP contribution in [-0.4, -0.2) is 12.6 Å². The summed E-state index contributed by atoms with van der Waals surface area (Å²) in [4.78, 5) is 11.6. The first kappa shape index (κ1) is 14.3. The highest BCUT2D eigenvalue weighted by Crippen LogP contribution is 2.14. The number of carbonyl (C=O) groups excluding carboxylic acids is 1. The molecule has 2 aromatic carbocycles. The fourth-order valence-electron chi connectivity index (χ4n) is 1.75. The summed E-state index contributed by atoms with van der Waals surface area (Å²) in [7, 11) is 0. The monoisotopic (exact) mass is 292 g/mol. The Morgan fingerprint density at radius 2 is 1.95 bits per heavy atom. The lowest BCUT2D eigenvalue weighted by Gasteiger charge is -2.08. The van der Waals surface area contributed by atoms with Gasteiger partial charge < -0.3 is 10.6 Å². The lowest BCUT2D eigenvalue weighted by atomic mass is 10.1. The molecule has 0 fully saturated rings. The molecule has 0 saturated carbocycles. The first-order chi connectivity index (χ1) is 9.65. The van der Waals surface area contributed by atoms with Crippen LogP contribution in [0.25, 0.3) is 0 Å². The minimum absolute atomic E-state index is 0.260. The van der Waals surface area contributed by atoms with Crippen LogP contribution in [0.1, 0.15) is 5.56 Å². The van der Waals surface area contributed by atoms with Crippen LogP contribution in [0.5, 0.6) is 0 Å². The molecule has 2 N–H and O–H groups in total. The quantitative estimate of drug-likeness (QED) is 0.883. The van der Waals surface area contributed by atoms with Crippen molar-refractivity contribution in [3.63, 3.8) is 0 Å². The van der Waals surface area contributed by atoms with Gasteiger partial charge in [0.15, 0.2) is 0 Å². The number of nitrogens with one attached hydrogen (secondary N) is 2. The molecule has 0 unspecified atom stereocenters. The molecule has 0 atom stereocenters. The number of hydrogen-bond donors (Lipinski definition) is 2. The highest BCUT2D eigenvalue weighted by Gasteiger charge is 2.03. The van der Waals surface area contributed by atoms with Crippen LogP contribution < -0.4 is 10.6 Å². The molecule has 5 heteroatoms. The second-order valence-corrected chi connectivity index (χ2v) is 4.67. The van der Waals surface area contributed by atoms with Gasteiger partial charge in [0.25, 0.3) is 0 Å². The highest BCUT2D eigenvalue weighted by atomic mass is 35.5. The molecule has 0 aliphatic heterocycles. The SMILES string of the molecule is O=C(NCCc1ccccc1F)Nc1cccc(Cl)c1. The maximum atomic E-state index is 13.4. The number of benzene rings is 2. The number of rotatable bonds is 4. The molecular formula is C15H14ClFN2O. The van der Waals surface area contributed by atoms with Crippen molar-refractivity contribution in [1.82, 2.24) is 5.32 Å². The van der Waals surface area contributed by atoms with E-state index in [2.05, 4.69) is 10.6 Å². The van der Waals surface area contributed by atoms with Crippen LogP contribution in [-0.2, 0) is 6.42 Å².